The lowest BCUT2D eigenvalue weighted by atomic mass is 10.2. The summed E-state index contributed by atoms with van der Waals surface area (Å²) in [5, 5.41) is 3.32. The highest BCUT2D eigenvalue weighted by Crippen LogP contribution is 2.25. The van der Waals surface area contributed by atoms with E-state index in [1.807, 2.05) is 0 Å². The zero-order valence-corrected chi connectivity index (χ0v) is 9.44. The van der Waals surface area contributed by atoms with E-state index >= 15 is 0 Å². The summed E-state index contributed by atoms with van der Waals surface area (Å²) in [5.74, 6) is 1.09. The first kappa shape index (κ1) is 9.99. The maximum Gasteiger partial charge on any atom is 0.137 e. The molecule has 5 nitrogen and oxygen atoms in total. The van der Waals surface area contributed by atoms with E-state index < -0.39 is 0 Å². The van der Waals surface area contributed by atoms with Crippen LogP contribution in [0.4, 0.5) is 5.82 Å². The van der Waals surface area contributed by atoms with Gasteiger partial charge in [-0.15, -0.1) is 0 Å². The molecule has 1 atom stereocenters. The van der Waals surface area contributed by atoms with Gasteiger partial charge in [0.15, 0.2) is 0 Å². The number of rotatable bonds is 1. The first-order valence-electron chi connectivity index (χ1n) is 5.74. The number of morpholine rings is 1. The van der Waals surface area contributed by atoms with Crippen molar-refractivity contribution in [2.24, 2.45) is 0 Å². The third-order valence-electron chi connectivity index (χ3n) is 3.25. The number of hydrogen-bond donors (Lipinski definition) is 1. The highest BCUT2D eigenvalue weighted by atomic mass is 16.5. The fraction of sp³-hybridized carbons (Fsp3) is 0.636. The Morgan fingerprint density at radius 2 is 2.38 bits per heavy atom. The molecule has 1 fully saturated rings. The van der Waals surface area contributed by atoms with Gasteiger partial charge in [0.25, 0.3) is 0 Å². The van der Waals surface area contributed by atoms with Crippen LogP contribution in [0.5, 0.6) is 0 Å². The molecule has 0 radical (unpaired) electrons. The van der Waals surface area contributed by atoms with Crippen LogP contribution in [0.15, 0.2) is 6.33 Å². The summed E-state index contributed by atoms with van der Waals surface area (Å²) >= 11 is 0. The van der Waals surface area contributed by atoms with Gasteiger partial charge in [-0.25, -0.2) is 9.97 Å². The van der Waals surface area contributed by atoms with E-state index in [1.165, 1.54) is 5.56 Å². The van der Waals surface area contributed by atoms with Gasteiger partial charge in [-0.3, -0.25) is 0 Å². The summed E-state index contributed by atoms with van der Waals surface area (Å²) in [5.41, 5.74) is 2.40. The van der Waals surface area contributed by atoms with E-state index in [9.17, 15) is 0 Å². The maximum absolute atomic E-state index is 5.45. The van der Waals surface area contributed by atoms with Gasteiger partial charge >= 0.3 is 0 Å². The molecule has 1 saturated heterocycles. The quantitative estimate of drug-likeness (QED) is 0.738. The van der Waals surface area contributed by atoms with E-state index in [-0.39, 0.29) is 0 Å². The van der Waals surface area contributed by atoms with Crippen LogP contribution in [0.1, 0.15) is 18.2 Å². The average Bonchev–Trinajstić information content (AvgIpc) is 2.77. The van der Waals surface area contributed by atoms with Gasteiger partial charge < -0.3 is 15.0 Å². The summed E-state index contributed by atoms with van der Waals surface area (Å²) in [7, 11) is 0. The van der Waals surface area contributed by atoms with Gasteiger partial charge in [0.2, 0.25) is 0 Å². The molecule has 0 aliphatic carbocycles. The van der Waals surface area contributed by atoms with Gasteiger partial charge in [0.05, 0.1) is 24.9 Å². The third kappa shape index (κ3) is 1.56. The minimum atomic E-state index is 0.397. The van der Waals surface area contributed by atoms with Gasteiger partial charge in [0.1, 0.15) is 12.1 Å². The summed E-state index contributed by atoms with van der Waals surface area (Å²) in [6.45, 7) is 6.42. The van der Waals surface area contributed by atoms with Crippen LogP contribution < -0.4 is 10.2 Å². The first-order chi connectivity index (χ1) is 7.86. The molecule has 0 amide bonds. The Morgan fingerprint density at radius 3 is 3.25 bits per heavy atom. The SMILES string of the molecule is CC1COCCN1c1ncnc2c1CNC2. The van der Waals surface area contributed by atoms with Gasteiger partial charge in [0, 0.05) is 25.2 Å². The normalized spacial score (nSPS) is 24.6. The van der Waals surface area contributed by atoms with Gasteiger partial charge in [-0.1, -0.05) is 0 Å². The molecule has 16 heavy (non-hydrogen) atoms. The minimum absolute atomic E-state index is 0.397. The maximum atomic E-state index is 5.45. The van der Waals surface area contributed by atoms with Gasteiger partial charge in [-0.05, 0) is 6.92 Å². The lowest BCUT2D eigenvalue weighted by molar-refractivity contribution is 0.0984. The van der Waals surface area contributed by atoms with Crippen molar-refractivity contribution in [2.45, 2.75) is 26.1 Å². The summed E-state index contributed by atoms with van der Waals surface area (Å²) in [6.07, 6.45) is 1.67. The van der Waals surface area contributed by atoms with Crippen molar-refractivity contribution in [1.82, 2.24) is 15.3 Å². The fourth-order valence-electron chi connectivity index (χ4n) is 2.37. The Labute approximate surface area is 94.8 Å². The molecule has 86 valence electrons. The second kappa shape index (κ2) is 3.99. The average molecular weight is 220 g/mol. The van der Waals surface area contributed by atoms with Crippen molar-refractivity contribution < 1.29 is 4.74 Å². The number of fused-ring (bicyclic) bond motifs is 1. The molecule has 2 aliphatic heterocycles. The topological polar surface area (TPSA) is 50.3 Å². The molecular formula is C11H16N4O. The Balaban J connectivity index is 1.96. The van der Waals surface area contributed by atoms with Crippen LogP contribution in [0.3, 0.4) is 0 Å². The molecule has 0 saturated carbocycles. The van der Waals surface area contributed by atoms with Crippen LogP contribution in [0, 0.1) is 0 Å². The molecule has 3 rings (SSSR count). The number of anilines is 1. The molecule has 1 N–H and O–H groups in total. The van der Waals surface area contributed by atoms with Crippen molar-refractivity contribution in [3.63, 3.8) is 0 Å². The Kier molecular flexibility index (Phi) is 2.49. The van der Waals surface area contributed by atoms with E-state index in [2.05, 4.69) is 27.1 Å². The summed E-state index contributed by atoms with van der Waals surface area (Å²) in [4.78, 5) is 11.1. The molecule has 1 aromatic rings. The van der Waals surface area contributed by atoms with Crippen molar-refractivity contribution in [1.29, 1.82) is 0 Å². The molecule has 1 aromatic heterocycles. The molecule has 0 spiro atoms. The van der Waals surface area contributed by atoms with Crippen LogP contribution in [-0.2, 0) is 17.8 Å². The lowest BCUT2D eigenvalue weighted by Gasteiger charge is -2.35. The Morgan fingerprint density at radius 1 is 1.44 bits per heavy atom. The second-order valence-corrected chi connectivity index (χ2v) is 4.34. The van der Waals surface area contributed by atoms with Gasteiger partial charge in [-0.2, -0.15) is 0 Å². The molecule has 2 aliphatic rings. The predicted molar refractivity (Wildman–Crippen MR) is 60.2 cm³/mol. The van der Waals surface area contributed by atoms with E-state index in [0.29, 0.717) is 6.04 Å². The van der Waals surface area contributed by atoms with Crippen molar-refractivity contribution in [3.8, 4) is 0 Å². The van der Waals surface area contributed by atoms with Crippen LogP contribution >= 0.6 is 0 Å². The smallest absolute Gasteiger partial charge is 0.137 e. The summed E-state index contributed by atoms with van der Waals surface area (Å²) in [6, 6.07) is 0.397. The Hall–Kier alpha value is -1.20. The lowest BCUT2D eigenvalue weighted by Crippen LogP contribution is -2.44. The number of aromatic nitrogens is 2. The van der Waals surface area contributed by atoms with E-state index in [0.717, 1.165) is 44.4 Å². The standard InChI is InChI=1S/C11H16N4O/c1-8-6-16-3-2-15(8)11-9-4-12-5-10(9)13-7-14-11/h7-8,12H,2-6H2,1H3. The molecule has 5 heteroatoms. The molecule has 0 aromatic carbocycles. The van der Waals surface area contributed by atoms with Crippen LogP contribution in [-0.4, -0.2) is 35.8 Å². The number of hydrogen-bond acceptors (Lipinski definition) is 5. The second-order valence-electron chi connectivity index (χ2n) is 4.34. The largest absolute Gasteiger partial charge is 0.377 e. The third-order valence-corrected chi connectivity index (χ3v) is 3.25. The Bertz CT molecular complexity index is 396. The predicted octanol–water partition coefficient (Wildman–Crippen LogP) is 0.305. The molecule has 1 unspecified atom stereocenters. The molecule has 0 bridgehead atoms. The number of ether oxygens (including phenoxy) is 1. The fourth-order valence-corrected chi connectivity index (χ4v) is 2.37. The molecule has 3 heterocycles. The van der Waals surface area contributed by atoms with Crippen molar-refractivity contribution in [3.05, 3.63) is 17.6 Å². The molecular weight excluding hydrogens is 204 g/mol. The van der Waals surface area contributed by atoms with E-state index in [1.54, 1.807) is 6.33 Å². The van der Waals surface area contributed by atoms with Crippen molar-refractivity contribution in [2.75, 3.05) is 24.7 Å². The summed E-state index contributed by atoms with van der Waals surface area (Å²) < 4.78 is 5.45. The number of nitrogens with one attached hydrogen (secondary N) is 1. The number of nitrogens with zero attached hydrogens (tertiary/aromatic N) is 3. The first-order valence-corrected chi connectivity index (χ1v) is 5.74. The monoisotopic (exact) mass is 220 g/mol. The van der Waals surface area contributed by atoms with Crippen LogP contribution in [0.2, 0.25) is 0 Å². The minimum Gasteiger partial charge on any atom is -0.377 e. The van der Waals surface area contributed by atoms with E-state index in [4.69, 9.17) is 4.74 Å². The highest BCUT2D eigenvalue weighted by Gasteiger charge is 2.25. The highest BCUT2D eigenvalue weighted by molar-refractivity contribution is 5.51. The zero-order chi connectivity index (χ0) is 11.0. The van der Waals surface area contributed by atoms with Crippen molar-refractivity contribution >= 4 is 5.82 Å². The van der Waals surface area contributed by atoms with Crippen LogP contribution in [0.25, 0.3) is 0 Å². The zero-order valence-electron chi connectivity index (χ0n) is 9.44.